The van der Waals surface area contributed by atoms with Crippen molar-refractivity contribution in [3.8, 4) is 17.0 Å². The van der Waals surface area contributed by atoms with Gasteiger partial charge in [-0.25, -0.2) is 4.98 Å². The number of nitrogens with zero attached hydrogens (tertiary/aromatic N) is 1. The number of hydrogen-bond acceptors (Lipinski definition) is 4. The van der Waals surface area contributed by atoms with Crippen molar-refractivity contribution in [1.82, 2.24) is 4.98 Å². The Morgan fingerprint density at radius 3 is 2.73 bits per heavy atom. The van der Waals surface area contributed by atoms with E-state index in [1.807, 2.05) is 48.7 Å². The number of thiazole rings is 1. The number of ether oxygens (including phenoxy) is 1. The van der Waals surface area contributed by atoms with Crippen LogP contribution in [0.15, 0.2) is 47.8 Å². The quantitative estimate of drug-likeness (QED) is 0.639. The minimum atomic E-state index is -0.208. The molecule has 3 aromatic rings. The van der Waals surface area contributed by atoms with E-state index < -0.39 is 0 Å². The molecule has 0 saturated carbocycles. The van der Waals surface area contributed by atoms with Crippen molar-refractivity contribution in [1.29, 1.82) is 0 Å². The van der Waals surface area contributed by atoms with E-state index in [9.17, 15) is 4.79 Å². The van der Waals surface area contributed by atoms with E-state index in [-0.39, 0.29) is 17.9 Å². The second-order valence-corrected chi connectivity index (χ2v) is 7.63. The summed E-state index contributed by atoms with van der Waals surface area (Å²) in [4.78, 5) is 17.2. The number of benzene rings is 2. The molecular weight excluding hydrogens is 368 g/mol. The van der Waals surface area contributed by atoms with Crippen molar-refractivity contribution in [3.05, 3.63) is 64.0 Å². The lowest BCUT2D eigenvalue weighted by Gasteiger charge is -2.09. The molecule has 4 rings (SSSR count). The molecule has 0 bridgehead atoms. The Bertz CT molecular complexity index is 968. The number of carbonyl (C=O) groups excluding carboxylic acids is 1. The molecule has 4 nitrogen and oxygen atoms in total. The molecule has 0 spiro atoms. The van der Waals surface area contributed by atoms with Crippen LogP contribution < -0.4 is 10.1 Å². The predicted octanol–water partition coefficient (Wildman–Crippen LogP) is 5.60. The third-order valence-electron chi connectivity index (χ3n) is 4.65. The maximum absolute atomic E-state index is 12.7. The molecule has 1 aliphatic heterocycles. The molecule has 1 aliphatic rings. The van der Waals surface area contributed by atoms with Crippen LogP contribution >= 0.6 is 22.9 Å². The molecule has 6 heteroatoms. The highest BCUT2D eigenvalue weighted by atomic mass is 35.5. The van der Waals surface area contributed by atoms with E-state index in [0.29, 0.717) is 21.5 Å². The van der Waals surface area contributed by atoms with E-state index in [2.05, 4.69) is 17.2 Å². The fraction of sp³-hybridized carbons (Fsp3) is 0.200. The van der Waals surface area contributed by atoms with Gasteiger partial charge in [0.1, 0.15) is 11.9 Å². The number of amides is 1. The van der Waals surface area contributed by atoms with Crippen LogP contribution in [0, 0.1) is 0 Å². The normalized spacial score (nSPS) is 18.3. The summed E-state index contributed by atoms with van der Waals surface area (Å²) in [6.45, 7) is 4.13. The minimum Gasteiger partial charge on any atom is -0.489 e. The summed E-state index contributed by atoms with van der Waals surface area (Å²) in [6, 6.07) is 13.2. The SMILES string of the molecule is CC1Oc2c(C(=O)Nc3nc(-c4ccc(Cl)cc4)cs3)cccc2C1C. The first-order valence-corrected chi connectivity index (χ1v) is 9.61. The Morgan fingerprint density at radius 2 is 1.96 bits per heavy atom. The summed E-state index contributed by atoms with van der Waals surface area (Å²) in [7, 11) is 0. The van der Waals surface area contributed by atoms with E-state index in [4.69, 9.17) is 16.3 Å². The van der Waals surface area contributed by atoms with Crippen molar-refractivity contribution in [3.63, 3.8) is 0 Å². The second kappa shape index (κ2) is 6.74. The van der Waals surface area contributed by atoms with Crippen molar-refractivity contribution in [2.45, 2.75) is 25.9 Å². The molecule has 0 fully saturated rings. The monoisotopic (exact) mass is 384 g/mol. The Morgan fingerprint density at radius 1 is 1.19 bits per heavy atom. The van der Waals surface area contributed by atoms with Gasteiger partial charge in [0.15, 0.2) is 5.13 Å². The van der Waals surface area contributed by atoms with Crippen LogP contribution in [-0.2, 0) is 0 Å². The number of anilines is 1. The average molecular weight is 385 g/mol. The lowest BCUT2D eigenvalue weighted by atomic mass is 9.97. The summed E-state index contributed by atoms with van der Waals surface area (Å²) >= 11 is 7.31. The number of aromatic nitrogens is 1. The highest BCUT2D eigenvalue weighted by molar-refractivity contribution is 7.14. The third-order valence-corrected chi connectivity index (χ3v) is 5.66. The number of halogens is 1. The molecular formula is C20H17ClN2O2S. The van der Waals surface area contributed by atoms with Crippen LogP contribution in [0.2, 0.25) is 5.02 Å². The molecule has 1 aromatic heterocycles. The number of rotatable bonds is 3. The molecule has 2 atom stereocenters. The molecule has 1 amide bonds. The number of carbonyl (C=O) groups is 1. The first kappa shape index (κ1) is 17.1. The number of fused-ring (bicyclic) bond motifs is 1. The van der Waals surface area contributed by atoms with Gasteiger partial charge in [0, 0.05) is 27.4 Å². The Labute approximate surface area is 160 Å². The number of nitrogens with one attached hydrogen (secondary N) is 1. The highest BCUT2D eigenvalue weighted by Gasteiger charge is 2.31. The smallest absolute Gasteiger partial charge is 0.261 e. The van der Waals surface area contributed by atoms with Crippen molar-refractivity contribution >= 4 is 34.0 Å². The molecule has 1 N–H and O–H groups in total. The Balaban J connectivity index is 1.56. The first-order chi connectivity index (χ1) is 12.5. The standard InChI is InChI=1S/C20H17ClN2O2S/c1-11-12(2)25-18-15(11)4-3-5-16(18)19(24)23-20-22-17(10-26-20)13-6-8-14(21)9-7-13/h3-12H,1-2H3,(H,22,23,24). The highest BCUT2D eigenvalue weighted by Crippen LogP contribution is 2.40. The molecule has 132 valence electrons. The molecule has 2 unspecified atom stereocenters. The summed E-state index contributed by atoms with van der Waals surface area (Å²) in [5.41, 5.74) is 3.38. The van der Waals surface area contributed by atoms with Crippen LogP contribution in [0.4, 0.5) is 5.13 Å². The fourth-order valence-corrected chi connectivity index (χ4v) is 3.85. The lowest BCUT2D eigenvalue weighted by molar-refractivity contribution is 0.102. The van der Waals surface area contributed by atoms with Gasteiger partial charge >= 0.3 is 0 Å². The number of hydrogen-bond donors (Lipinski definition) is 1. The minimum absolute atomic E-state index is 0.0651. The van der Waals surface area contributed by atoms with Gasteiger partial charge in [0.2, 0.25) is 0 Å². The van der Waals surface area contributed by atoms with Gasteiger partial charge in [-0.05, 0) is 25.1 Å². The topological polar surface area (TPSA) is 51.2 Å². The number of para-hydroxylation sites is 1. The van der Waals surface area contributed by atoms with Crippen molar-refractivity contribution in [2.24, 2.45) is 0 Å². The summed E-state index contributed by atoms with van der Waals surface area (Å²) in [6.07, 6.45) is 0.0651. The second-order valence-electron chi connectivity index (χ2n) is 6.33. The average Bonchev–Trinajstić information content (AvgIpc) is 3.21. The Kier molecular flexibility index (Phi) is 4.42. The van der Waals surface area contributed by atoms with Crippen LogP contribution in [0.3, 0.4) is 0 Å². The largest absolute Gasteiger partial charge is 0.489 e. The Hall–Kier alpha value is -2.37. The summed E-state index contributed by atoms with van der Waals surface area (Å²) in [5.74, 6) is 0.744. The zero-order chi connectivity index (χ0) is 18.3. The summed E-state index contributed by atoms with van der Waals surface area (Å²) < 4.78 is 5.90. The van der Waals surface area contributed by atoms with Crippen LogP contribution in [0.5, 0.6) is 5.75 Å². The molecule has 2 heterocycles. The van der Waals surface area contributed by atoms with Crippen LogP contribution in [-0.4, -0.2) is 17.0 Å². The zero-order valence-electron chi connectivity index (χ0n) is 14.3. The fourth-order valence-electron chi connectivity index (χ4n) is 3.01. The molecule has 0 aliphatic carbocycles. The van der Waals surface area contributed by atoms with Crippen molar-refractivity contribution in [2.75, 3.05) is 5.32 Å². The first-order valence-electron chi connectivity index (χ1n) is 8.35. The molecule has 0 saturated heterocycles. The van der Waals surface area contributed by atoms with Gasteiger partial charge in [0.05, 0.1) is 11.3 Å². The van der Waals surface area contributed by atoms with E-state index in [1.165, 1.54) is 11.3 Å². The van der Waals surface area contributed by atoms with Gasteiger partial charge in [0.25, 0.3) is 5.91 Å². The van der Waals surface area contributed by atoms with Gasteiger partial charge < -0.3 is 4.74 Å². The zero-order valence-corrected chi connectivity index (χ0v) is 15.9. The predicted molar refractivity (Wildman–Crippen MR) is 105 cm³/mol. The van der Waals surface area contributed by atoms with E-state index in [1.54, 1.807) is 6.07 Å². The third kappa shape index (κ3) is 3.08. The maximum atomic E-state index is 12.7. The molecule has 0 radical (unpaired) electrons. The van der Waals surface area contributed by atoms with Gasteiger partial charge in [-0.2, -0.15) is 0 Å². The van der Waals surface area contributed by atoms with Crippen molar-refractivity contribution < 1.29 is 9.53 Å². The molecule has 2 aromatic carbocycles. The van der Waals surface area contributed by atoms with Gasteiger partial charge in [-0.1, -0.05) is 42.8 Å². The van der Waals surface area contributed by atoms with E-state index in [0.717, 1.165) is 16.8 Å². The molecule has 26 heavy (non-hydrogen) atoms. The van der Waals surface area contributed by atoms with E-state index >= 15 is 0 Å². The van der Waals surface area contributed by atoms with Crippen LogP contribution in [0.1, 0.15) is 35.7 Å². The maximum Gasteiger partial charge on any atom is 0.261 e. The lowest BCUT2D eigenvalue weighted by Crippen LogP contribution is -2.14. The van der Waals surface area contributed by atoms with Gasteiger partial charge in [-0.15, -0.1) is 11.3 Å². The van der Waals surface area contributed by atoms with Crippen LogP contribution in [0.25, 0.3) is 11.3 Å². The summed E-state index contributed by atoms with van der Waals surface area (Å²) in [5, 5.41) is 6.03. The van der Waals surface area contributed by atoms with Gasteiger partial charge in [-0.3, -0.25) is 10.1 Å².